The third-order valence-corrected chi connectivity index (χ3v) is 6.31. The molecule has 0 atom stereocenters. The first-order valence-corrected chi connectivity index (χ1v) is 12.3. The highest BCUT2D eigenvalue weighted by atomic mass is 32.2. The molecule has 174 valence electrons. The molecule has 1 amide bonds. The Kier molecular flexibility index (Phi) is 6.83. The summed E-state index contributed by atoms with van der Waals surface area (Å²) >= 11 is 1.53. The molecule has 0 radical (unpaired) electrons. The van der Waals surface area contributed by atoms with Crippen LogP contribution in [0.2, 0.25) is 0 Å². The summed E-state index contributed by atoms with van der Waals surface area (Å²) in [6, 6.07) is 27.3. The van der Waals surface area contributed by atoms with E-state index < -0.39 is 0 Å². The first-order valence-electron chi connectivity index (χ1n) is 11.1. The Morgan fingerprint density at radius 1 is 0.914 bits per heavy atom. The largest absolute Gasteiger partial charge is 0.372 e. The van der Waals surface area contributed by atoms with E-state index >= 15 is 0 Å². The molecule has 2 heterocycles. The average Bonchev–Trinajstić information content (AvgIpc) is 3.38. The van der Waals surface area contributed by atoms with Gasteiger partial charge in [0.2, 0.25) is 5.65 Å². The Labute approximate surface area is 206 Å². The van der Waals surface area contributed by atoms with Crippen LogP contribution in [0, 0.1) is 0 Å². The van der Waals surface area contributed by atoms with Crippen LogP contribution in [0.5, 0.6) is 0 Å². The lowest BCUT2D eigenvalue weighted by molar-refractivity contribution is 0.102. The lowest BCUT2D eigenvalue weighted by Crippen LogP contribution is -2.13. The lowest BCUT2D eigenvalue weighted by Gasteiger charge is -2.11. The molecule has 0 bridgehead atoms. The van der Waals surface area contributed by atoms with Gasteiger partial charge < -0.3 is 10.1 Å². The maximum absolute atomic E-state index is 13.2. The summed E-state index contributed by atoms with van der Waals surface area (Å²) in [6.07, 6.45) is 1.95. The second-order valence-corrected chi connectivity index (χ2v) is 8.76. The molecule has 0 aliphatic rings. The molecule has 0 unspecified atom stereocenters. The van der Waals surface area contributed by atoms with Crippen LogP contribution in [0.1, 0.15) is 21.5 Å². The summed E-state index contributed by atoms with van der Waals surface area (Å²) in [5.74, 6) is -0.174. The van der Waals surface area contributed by atoms with Gasteiger partial charge in [-0.15, -0.1) is 16.9 Å². The Hall–Kier alpha value is -4.01. The lowest BCUT2D eigenvalue weighted by atomic mass is 10.1. The zero-order valence-corrected chi connectivity index (χ0v) is 19.9. The number of aromatic amines is 1. The molecule has 7 nitrogen and oxygen atoms in total. The van der Waals surface area contributed by atoms with E-state index in [4.69, 9.17) is 4.74 Å². The van der Waals surface area contributed by atoms with E-state index in [9.17, 15) is 4.79 Å². The van der Waals surface area contributed by atoms with Crippen molar-refractivity contribution in [2.75, 3.05) is 11.6 Å². The minimum Gasteiger partial charge on any atom is -0.372 e. The van der Waals surface area contributed by atoms with Crippen molar-refractivity contribution >= 4 is 34.5 Å². The zero-order valence-electron chi connectivity index (χ0n) is 19.1. The maximum atomic E-state index is 13.2. The molecule has 8 heteroatoms. The molecule has 0 fully saturated rings. The Morgan fingerprint density at radius 2 is 1.69 bits per heavy atom. The number of benzene rings is 3. The molecular weight excluding hydrogens is 458 g/mol. The van der Waals surface area contributed by atoms with Crippen LogP contribution < -0.4 is 5.32 Å². The molecule has 2 aromatic heterocycles. The van der Waals surface area contributed by atoms with Crippen LogP contribution in [0.15, 0.2) is 89.8 Å². The smallest absolute Gasteiger partial charge is 0.256 e. The molecule has 0 spiro atoms. The highest BCUT2D eigenvalue weighted by Gasteiger charge is 2.14. The number of nitrogens with one attached hydrogen (secondary N) is 2. The van der Waals surface area contributed by atoms with Crippen molar-refractivity contribution in [2.45, 2.75) is 18.1 Å². The summed E-state index contributed by atoms with van der Waals surface area (Å²) in [7, 11) is 0. The number of nitrogens with zero attached hydrogens (tertiary/aromatic N) is 3. The van der Waals surface area contributed by atoms with E-state index in [2.05, 4.69) is 25.7 Å². The molecule has 35 heavy (non-hydrogen) atoms. The molecule has 0 saturated carbocycles. The van der Waals surface area contributed by atoms with Gasteiger partial charge in [0.1, 0.15) is 5.52 Å². The highest BCUT2D eigenvalue weighted by molar-refractivity contribution is 7.98. The first kappa shape index (κ1) is 22.8. The third kappa shape index (κ3) is 5.40. The second kappa shape index (κ2) is 10.5. The predicted molar refractivity (Wildman–Crippen MR) is 138 cm³/mol. The fourth-order valence-electron chi connectivity index (χ4n) is 3.69. The number of hydrogen-bond acceptors (Lipinski definition) is 6. The van der Waals surface area contributed by atoms with Crippen molar-refractivity contribution < 1.29 is 9.53 Å². The van der Waals surface area contributed by atoms with Crippen LogP contribution in [-0.2, 0) is 18.0 Å². The van der Waals surface area contributed by atoms with Crippen molar-refractivity contribution in [2.24, 2.45) is 0 Å². The van der Waals surface area contributed by atoms with Gasteiger partial charge in [0, 0.05) is 16.1 Å². The topological polar surface area (TPSA) is 92.8 Å². The van der Waals surface area contributed by atoms with Crippen molar-refractivity contribution in [1.82, 2.24) is 20.4 Å². The molecule has 0 aliphatic heterocycles. The quantitative estimate of drug-likeness (QED) is 0.276. The maximum Gasteiger partial charge on any atom is 0.256 e. The van der Waals surface area contributed by atoms with Gasteiger partial charge in [-0.3, -0.25) is 4.79 Å². The van der Waals surface area contributed by atoms with Gasteiger partial charge in [-0.25, -0.2) is 4.98 Å². The van der Waals surface area contributed by atoms with E-state index in [1.54, 1.807) is 0 Å². The number of hydrogen-bond donors (Lipinski definition) is 2. The van der Waals surface area contributed by atoms with Crippen LogP contribution in [-0.4, -0.2) is 32.6 Å². The molecule has 5 aromatic rings. The number of H-pyrrole nitrogens is 1. The molecular formula is C27H23N5O2S. The summed E-state index contributed by atoms with van der Waals surface area (Å²) in [5.41, 5.74) is 6.29. The van der Waals surface area contributed by atoms with Crippen LogP contribution in [0.25, 0.3) is 22.4 Å². The van der Waals surface area contributed by atoms with E-state index in [1.807, 2.05) is 91.2 Å². The average molecular weight is 482 g/mol. The van der Waals surface area contributed by atoms with Gasteiger partial charge in [-0.2, -0.15) is 10.3 Å². The van der Waals surface area contributed by atoms with Crippen molar-refractivity contribution in [3.8, 4) is 11.3 Å². The molecule has 3 aromatic carbocycles. The van der Waals surface area contributed by atoms with Gasteiger partial charge in [-0.05, 0) is 53.8 Å². The number of carbonyl (C=O) groups excluding carboxylic acids is 1. The molecule has 5 rings (SSSR count). The number of amides is 1. The fourth-order valence-corrected chi connectivity index (χ4v) is 4.26. The number of carbonyl (C=O) groups is 1. The Bertz CT molecular complexity index is 1450. The number of pyridine rings is 1. The van der Waals surface area contributed by atoms with Gasteiger partial charge in [0.25, 0.3) is 5.91 Å². The zero-order chi connectivity index (χ0) is 24.0. The van der Waals surface area contributed by atoms with Crippen LogP contribution in [0.4, 0.5) is 5.69 Å². The van der Waals surface area contributed by atoms with Crippen LogP contribution in [0.3, 0.4) is 0 Å². The molecule has 0 saturated heterocycles. The number of rotatable bonds is 8. The van der Waals surface area contributed by atoms with E-state index in [-0.39, 0.29) is 5.91 Å². The number of anilines is 1. The molecule has 0 aliphatic carbocycles. The number of thioether (sulfide) groups is 1. The second-order valence-electron chi connectivity index (χ2n) is 7.91. The molecule has 2 N–H and O–H groups in total. The van der Waals surface area contributed by atoms with E-state index in [0.29, 0.717) is 29.9 Å². The normalized spacial score (nSPS) is 11.0. The standard InChI is InChI=1S/C27H23N5O2S/c1-35-25-14-9-20(23-12-13-24-26(29-23)31-32-30-24)15-22(25)27(33)28-21-10-7-19(8-11-21)17-34-16-18-5-3-2-4-6-18/h2-15H,16-17H2,1H3,(H,28,33)(H,29,30,31,32). The number of aromatic nitrogens is 4. The van der Waals surface area contributed by atoms with Gasteiger partial charge in [0.15, 0.2) is 0 Å². The Balaban J connectivity index is 1.27. The van der Waals surface area contributed by atoms with E-state index in [0.717, 1.165) is 33.0 Å². The predicted octanol–water partition coefficient (Wildman–Crippen LogP) is 5.71. The van der Waals surface area contributed by atoms with Gasteiger partial charge >= 0.3 is 0 Å². The van der Waals surface area contributed by atoms with Gasteiger partial charge in [-0.1, -0.05) is 48.5 Å². The van der Waals surface area contributed by atoms with Crippen molar-refractivity contribution in [1.29, 1.82) is 0 Å². The SMILES string of the molecule is CSc1ccc(-c2ccc3n[nH]nc3n2)cc1C(=O)Nc1ccc(COCc2ccccc2)cc1. The van der Waals surface area contributed by atoms with Crippen molar-refractivity contribution in [3.63, 3.8) is 0 Å². The van der Waals surface area contributed by atoms with Crippen molar-refractivity contribution in [3.05, 3.63) is 102 Å². The number of fused-ring (bicyclic) bond motifs is 1. The fraction of sp³-hybridized carbons (Fsp3) is 0.111. The van der Waals surface area contributed by atoms with Gasteiger partial charge in [0.05, 0.1) is 24.5 Å². The van der Waals surface area contributed by atoms with E-state index in [1.165, 1.54) is 11.8 Å². The Morgan fingerprint density at radius 3 is 2.46 bits per heavy atom. The minimum atomic E-state index is -0.174. The van der Waals surface area contributed by atoms with Crippen LogP contribution >= 0.6 is 11.8 Å². The third-order valence-electron chi connectivity index (χ3n) is 5.51. The first-order chi connectivity index (χ1) is 17.2. The summed E-state index contributed by atoms with van der Waals surface area (Å²) in [4.78, 5) is 18.6. The summed E-state index contributed by atoms with van der Waals surface area (Å²) < 4.78 is 5.80. The summed E-state index contributed by atoms with van der Waals surface area (Å²) in [6.45, 7) is 1.07. The number of ether oxygens (including phenoxy) is 1. The monoisotopic (exact) mass is 481 g/mol. The minimum absolute atomic E-state index is 0.174. The highest BCUT2D eigenvalue weighted by Crippen LogP contribution is 2.28. The summed E-state index contributed by atoms with van der Waals surface area (Å²) in [5, 5.41) is 13.7.